The van der Waals surface area contributed by atoms with E-state index in [-0.39, 0.29) is 0 Å². The molecule has 0 saturated carbocycles. The van der Waals surface area contributed by atoms with Crippen LogP contribution in [0.15, 0.2) is 83.5 Å². The Morgan fingerprint density at radius 2 is 1.47 bits per heavy atom. The highest BCUT2D eigenvalue weighted by atomic mass is 16.3. The van der Waals surface area contributed by atoms with Gasteiger partial charge in [-0.25, -0.2) is 0 Å². The van der Waals surface area contributed by atoms with E-state index in [9.17, 15) is 0 Å². The summed E-state index contributed by atoms with van der Waals surface area (Å²) in [5.74, 6) is 0.790. The molecule has 182 valence electrons. The second-order valence-corrected chi connectivity index (χ2v) is 10.7. The van der Waals surface area contributed by atoms with E-state index >= 15 is 0 Å². The van der Waals surface area contributed by atoms with E-state index in [1.807, 2.05) is 12.3 Å². The summed E-state index contributed by atoms with van der Waals surface area (Å²) >= 11 is 0. The fourth-order valence-electron chi connectivity index (χ4n) is 5.90. The number of fused-ring (bicyclic) bond motifs is 4. The molecule has 0 radical (unpaired) electrons. The van der Waals surface area contributed by atoms with Crippen LogP contribution in [-0.4, -0.2) is 12.0 Å². The number of hydrogen-bond donors (Lipinski definition) is 0. The molecule has 3 aromatic carbocycles. The highest BCUT2D eigenvalue weighted by molar-refractivity contribution is 6.04. The summed E-state index contributed by atoms with van der Waals surface area (Å²) in [6.45, 7) is 11.5. The van der Waals surface area contributed by atoms with Gasteiger partial charge in [-0.3, -0.25) is 4.98 Å². The first kappa shape index (κ1) is 22.7. The summed E-state index contributed by atoms with van der Waals surface area (Å²) in [7, 11) is 2.21. The molecule has 1 aliphatic heterocycles. The van der Waals surface area contributed by atoms with Crippen LogP contribution in [0.3, 0.4) is 0 Å². The lowest BCUT2D eigenvalue weighted by molar-refractivity contribution is 0.493. The van der Waals surface area contributed by atoms with Gasteiger partial charge in [0, 0.05) is 35.8 Å². The molecule has 0 fully saturated rings. The molecule has 1 aliphatic rings. The summed E-state index contributed by atoms with van der Waals surface area (Å²) in [5, 5.41) is 2.15. The van der Waals surface area contributed by atoms with Crippen LogP contribution in [0, 0.1) is 0 Å². The van der Waals surface area contributed by atoms with Crippen LogP contribution in [0.4, 0.5) is 17.1 Å². The van der Waals surface area contributed by atoms with Crippen molar-refractivity contribution in [2.75, 3.05) is 16.8 Å². The van der Waals surface area contributed by atoms with Gasteiger partial charge in [0.15, 0.2) is 0 Å². The molecule has 0 aliphatic carbocycles. The van der Waals surface area contributed by atoms with E-state index in [0.717, 1.165) is 21.9 Å². The van der Waals surface area contributed by atoms with Gasteiger partial charge in [0.2, 0.25) is 0 Å². The molecule has 5 aromatic rings. The zero-order valence-electron chi connectivity index (χ0n) is 21.9. The summed E-state index contributed by atoms with van der Waals surface area (Å²) < 4.78 is 6.30. The van der Waals surface area contributed by atoms with Crippen molar-refractivity contribution in [1.29, 1.82) is 0 Å². The first-order valence-corrected chi connectivity index (χ1v) is 12.8. The fraction of sp³-hybridized carbons (Fsp3) is 0.281. The number of benzene rings is 3. The highest BCUT2D eigenvalue weighted by Crippen LogP contribution is 2.56. The van der Waals surface area contributed by atoms with E-state index in [4.69, 9.17) is 4.42 Å². The van der Waals surface area contributed by atoms with Crippen LogP contribution >= 0.6 is 0 Å². The summed E-state index contributed by atoms with van der Waals surface area (Å²) in [6.07, 6.45) is 3.67. The molecule has 6 rings (SSSR count). The summed E-state index contributed by atoms with van der Waals surface area (Å²) in [6, 6.07) is 24.2. The molecule has 4 heteroatoms. The van der Waals surface area contributed by atoms with Crippen molar-refractivity contribution in [1.82, 2.24) is 4.98 Å². The number of rotatable bonds is 4. The molecule has 4 nitrogen and oxygen atoms in total. The standard InChI is InChI=1S/C32H33N3O/c1-20(2)23-10-9-11-24(21(3)4)31(23)35-28-13-8-7-12-27(28)34(6)32(35,5)22-14-15-25-26-19-33-17-16-29(26)36-30(25)18-22/h7-21H,1-6H3. The maximum Gasteiger partial charge on any atom is 0.141 e. The Kier molecular flexibility index (Phi) is 5.11. The topological polar surface area (TPSA) is 32.5 Å². The molecule has 0 bridgehead atoms. The minimum atomic E-state index is -0.455. The van der Waals surface area contributed by atoms with E-state index in [0.29, 0.717) is 11.8 Å². The van der Waals surface area contributed by atoms with E-state index in [1.165, 1.54) is 33.8 Å². The lowest BCUT2D eigenvalue weighted by Crippen LogP contribution is -2.49. The Labute approximate surface area is 213 Å². The van der Waals surface area contributed by atoms with Gasteiger partial charge >= 0.3 is 0 Å². The number of para-hydroxylation sites is 3. The number of pyridine rings is 1. The van der Waals surface area contributed by atoms with Crippen molar-refractivity contribution >= 4 is 39.0 Å². The summed E-state index contributed by atoms with van der Waals surface area (Å²) in [5.41, 5.74) is 9.00. The van der Waals surface area contributed by atoms with E-state index in [1.54, 1.807) is 6.20 Å². The van der Waals surface area contributed by atoms with Crippen molar-refractivity contribution in [2.24, 2.45) is 0 Å². The highest BCUT2D eigenvalue weighted by Gasteiger charge is 2.48. The van der Waals surface area contributed by atoms with Gasteiger partial charge in [-0.05, 0) is 60.2 Å². The minimum absolute atomic E-state index is 0.395. The monoisotopic (exact) mass is 475 g/mol. The number of aromatic nitrogens is 1. The maximum absolute atomic E-state index is 6.30. The molecule has 36 heavy (non-hydrogen) atoms. The molecule has 0 spiro atoms. The van der Waals surface area contributed by atoms with Gasteiger partial charge < -0.3 is 14.2 Å². The lowest BCUT2D eigenvalue weighted by Gasteiger charge is -2.44. The van der Waals surface area contributed by atoms with Crippen LogP contribution in [0.2, 0.25) is 0 Å². The molecule has 1 atom stereocenters. The molecule has 3 heterocycles. The molecule has 0 saturated heterocycles. The third-order valence-corrected chi connectivity index (χ3v) is 7.96. The molecule has 1 unspecified atom stereocenters. The van der Waals surface area contributed by atoms with Crippen molar-refractivity contribution in [3.63, 3.8) is 0 Å². The lowest BCUT2D eigenvalue weighted by atomic mass is 9.89. The Balaban J connectivity index is 1.65. The van der Waals surface area contributed by atoms with Gasteiger partial charge in [-0.2, -0.15) is 0 Å². The molecular weight excluding hydrogens is 442 g/mol. The second-order valence-electron chi connectivity index (χ2n) is 10.7. The van der Waals surface area contributed by atoms with Crippen molar-refractivity contribution in [2.45, 2.75) is 52.1 Å². The van der Waals surface area contributed by atoms with E-state index in [2.05, 4.69) is 117 Å². The normalized spacial score (nSPS) is 17.7. The third kappa shape index (κ3) is 3.10. The summed E-state index contributed by atoms with van der Waals surface area (Å²) in [4.78, 5) is 9.29. The van der Waals surface area contributed by atoms with Crippen molar-refractivity contribution in [3.8, 4) is 0 Å². The number of hydrogen-bond acceptors (Lipinski definition) is 4. The quantitative estimate of drug-likeness (QED) is 0.260. The largest absolute Gasteiger partial charge is 0.456 e. The third-order valence-electron chi connectivity index (χ3n) is 7.96. The Morgan fingerprint density at radius 1 is 0.778 bits per heavy atom. The first-order chi connectivity index (χ1) is 17.3. The van der Waals surface area contributed by atoms with Crippen molar-refractivity contribution in [3.05, 3.63) is 95.8 Å². The van der Waals surface area contributed by atoms with Gasteiger partial charge in [-0.15, -0.1) is 0 Å². The molecule has 0 N–H and O–H groups in total. The fourth-order valence-corrected chi connectivity index (χ4v) is 5.90. The number of furan rings is 1. The van der Waals surface area contributed by atoms with Gasteiger partial charge in [-0.1, -0.05) is 64.1 Å². The predicted molar refractivity (Wildman–Crippen MR) is 150 cm³/mol. The molecular formula is C32H33N3O. The van der Waals surface area contributed by atoms with Crippen LogP contribution in [0.5, 0.6) is 0 Å². The maximum atomic E-state index is 6.30. The zero-order valence-corrected chi connectivity index (χ0v) is 21.9. The average molecular weight is 476 g/mol. The number of anilines is 3. The molecule has 0 amide bonds. The van der Waals surface area contributed by atoms with Gasteiger partial charge in [0.05, 0.1) is 17.1 Å². The Bertz CT molecular complexity index is 1570. The number of nitrogens with zero attached hydrogens (tertiary/aromatic N) is 3. The second kappa shape index (κ2) is 8.12. The smallest absolute Gasteiger partial charge is 0.141 e. The van der Waals surface area contributed by atoms with Crippen molar-refractivity contribution < 1.29 is 4.42 Å². The first-order valence-electron chi connectivity index (χ1n) is 12.8. The SMILES string of the molecule is CC(C)c1cccc(C(C)C)c1N1c2ccccc2N(C)C1(C)c1ccc2c(c1)oc1ccncc12. The van der Waals surface area contributed by atoms with Crippen LogP contribution in [0.1, 0.15) is 63.1 Å². The van der Waals surface area contributed by atoms with Crippen LogP contribution in [0.25, 0.3) is 21.9 Å². The Hall–Kier alpha value is -3.79. The van der Waals surface area contributed by atoms with Gasteiger partial charge in [0.1, 0.15) is 16.8 Å². The minimum Gasteiger partial charge on any atom is -0.456 e. The zero-order chi connectivity index (χ0) is 25.2. The predicted octanol–water partition coefficient (Wildman–Crippen LogP) is 8.69. The Morgan fingerprint density at radius 3 is 2.17 bits per heavy atom. The van der Waals surface area contributed by atoms with Crippen LogP contribution in [-0.2, 0) is 5.66 Å². The van der Waals surface area contributed by atoms with Crippen LogP contribution < -0.4 is 9.80 Å². The molecule has 2 aromatic heterocycles. The van der Waals surface area contributed by atoms with Gasteiger partial charge in [0.25, 0.3) is 0 Å². The van der Waals surface area contributed by atoms with E-state index < -0.39 is 5.66 Å². The average Bonchev–Trinajstić information content (AvgIpc) is 3.36.